The summed E-state index contributed by atoms with van der Waals surface area (Å²) < 4.78 is 0. The predicted octanol–water partition coefficient (Wildman–Crippen LogP) is 13.7. The van der Waals surface area contributed by atoms with Crippen molar-refractivity contribution < 1.29 is 1.43 Å². The van der Waals surface area contributed by atoms with Crippen molar-refractivity contribution in [3.63, 3.8) is 0 Å². The molecular weight excluding hydrogens is 492 g/mol. The number of rotatable bonds is 4. The van der Waals surface area contributed by atoms with E-state index in [0.717, 1.165) is 41.4 Å². The quantitative estimate of drug-likeness (QED) is 0.346. The van der Waals surface area contributed by atoms with Gasteiger partial charge in [0.25, 0.3) is 0 Å². The lowest BCUT2D eigenvalue weighted by molar-refractivity contribution is 0.158. The van der Waals surface area contributed by atoms with Crippen molar-refractivity contribution >= 4 is 0 Å². The van der Waals surface area contributed by atoms with Crippen LogP contribution in [0, 0.1) is 55.3 Å². The highest BCUT2D eigenvalue weighted by molar-refractivity contribution is 5.28. The van der Waals surface area contributed by atoms with E-state index >= 15 is 0 Å². The minimum Gasteiger partial charge on any atom is -0.0625 e. The summed E-state index contributed by atoms with van der Waals surface area (Å²) in [5.74, 6) is 8.14. The summed E-state index contributed by atoms with van der Waals surface area (Å²) in [6.07, 6.45) is 10.3. The summed E-state index contributed by atoms with van der Waals surface area (Å²) in [5.41, 5.74) is 5.62. The molecule has 0 nitrogen and oxygen atoms in total. The van der Waals surface area contributed by atoms with Crippen LogP contribution in [0.1, 0.15) is 157 Å². The molecule has 0 heteroatoms. The molecule has 3 atom stereocenters. The van der Waals surface area contributed by atoms with Crippen LogP contribution in [0.3, 0.4) is 0 Å². The van der Waals surface area contributed by atoms with E-state index in [9.17, 15) is 0 Å². The molecule has 0 aromatic heterocycles. The first-order valence-electron chi connectivity index (χ1n) is 17.3. The van der Waals surface area contributed by atoms with Gasteiger partial charge in [0.15, 0.2) is 0 Å². The van der Waals surface area contributed by atoms with Gasteiger partial charge < -0.3 is 0 Å². The first-order chi connectivity index (χ1) is 19.2. The lowest BCUT2D eigenvalue weighted by Crippen LogP contribution is -2.25. The molecule has 2 aliphatic carbocycles. The Bertz CT molecular complexity index is 914. The second kappa shape index (κ2) is 19.6. The van der Waals surface area contributed by atoms with Crippen LogP contribution < -0.4 is 0 Å². The molecule has 0 radical (unpaired) electrons. The lowest BCUT2D eigenvalue weighted by atomic mass is 9.71. The van der Waals surface area contributed by atoms with Crippen LogP contribution in [0.2, 0.25) is 0 Å². The third kappa shape index (κ3) is 14.9. The minimum absolute atomic E-state index is 0. The van der Waals surface area contributed by atoms with Gasteiger partial charge in [0.2, 0.25) is 0 Å². The van der Waals surface area contributed by atoms with E-state index in [2.05, 4.69) is 139 Å². The highest BCUT2D eigenvalue weighted by atomic mass is 14.3. The fourth-order valence-corrected chi connectivity index (χ4v) is 6.82. The maximum absolute atomic E-state index is 2.43. The first kappa shape index (κ1) is 37.5. The summed E-state index contributed by atoms with van der Waals surface area (Å²) in [7, 11) is 0. The van der Waals surface area contributed by atoms with Gasteiger partial charge in [-0.15, -0.1) is 0 Å². The van der Waals surface area contributed by atoms with Crippen molar-refractivity contribution in [3.05, 3.63) is 70.8 Å². The Morgan fingerprint density at radius 2 is 1.12 bits per heavy atom. The summed E-state index contributed by atoms with van der Waals surface area (Å²) in [6, 6.07) is 17.3. The zero-order chi connectivity index (χ0) is 31.1. The molecule has 2 aromatic carbocycles. The number of hydrogen-bond acceptors (Lipinski definition) is 0. The van der Waals surface area contributed by atoms with Gasteiger partial charge in [0.05, 0.1) is 0 Å². The number of benzene rings is 2. The Labute approximate surface area is 260 Å². The maximum atomic E-state index is 2.43. The Morgan fingerprint density at radius 1 is 0.585 bits per heavy atom. The molecule has 2 saturated carbocycles. The molecule has 0 saturated heterocycles. The van der Waals surface area contributed by atoms with Crippen molar-refractivity contribution in [2.24, 2.45) is 41.4 Å². The smallest absolute Gasteiger partial charge is 0 e. The third-order valence-corrected chi connectivity index (χ3v) is 9.91. The lowest BCUT2D eigenvalue weighted by Gasteiger charge is -2.35. The van der Waals surface area contributed by atoms with E-state index in [1.165, 1.54) is 67.2 Å². The summed E-state index contributed by atoms with van der Waals surface area (Å²) in [4.78, 5) is 0. The van der Waals surface area contributed by atoms with Gasteiger partial charge >= 0.3 is 0 Å². The third-order valence-electron chi connectivity index (χ3n) is 9.91. The van der Waals surface area contributed by atoms with E-state index in [0.29, 0.717) is 11.8 Å². The fourth-order valence-electron chi connectivity index (χ4n) is 6.82. The van der Waals surface area contributed by atoms with E-state index in [1.54, 1.807) is 0 Å². The highest BCUT2D eigenvalue weighted by Crippen LogP contribution is 2.37. The van der Waals surface area contributed by atoms with Crippen LogP contribution in [0.4, 0.5) is 0 Å². The minimum atomic E-state index is 0. The molecular formula is C41H72. The zero-order valence-electron chi connectivity index (χ0n) is 29.8. The average molecular weight is 566 g/mol. The van der Waals surface area contributed by atoms with Gasteiger partial charge in [-0.2, -0.15) is 0 Å². The molecule has 236 valence electrons. The van der Waals surface area contributed by atoms with Gasteiger partial charge in [-0.3, -0.25) is 0 Å². The largest absolute Gasteiger partial charge is 0.0625 e. The van der Waals surface area contributed by atoms with Crippen LogP contribution in [0.5, 0.6) is 0 Å². The maximum Gasteiger partial charge on any atom is 0 e. The van der Waals surface area contributed by atoms with Gasteiger partial charge in [-0.25, -0.2) is 0 Å². The standard InChI is InChI=1S/C11H22.C10H20.2C10H14.H2/c1-8(2)11-6-5-9(3)7-10(11)4;2*1-8(2)10-6-4-9(3)5-7-10;1-8(2)10-7-5-4-6-9(10)3;/h8-11H,5-7H2,1-4H3;8-10H,4-7H2,1-3H3;2*4-8H,1-3H3;1H/i;;;;1+1. The number of aryl methyl sites for hydroxylation is 2. The van der Waals surface area contributed by atoms with Crippen molar-refractivity contribution in [3.8, 4) is 0 Å². The van der Waals surface area contributed by atoms with E-state index in [-0.39, 0.29) is 1.43 Å². The van der Waals surface area contributed by atoms with Crippen molar-refractivity contribution in [1.29, 1.82) is 0 Å². The molecule has 0 N–H and O–H groups in total. The van der Waals surface area contributed by atoms with Crippen molar-refractivity contribution in [1.82, 2.24) is 0 Å². The first-order valence-corrected chi connectivity index (χ1v) is 17.3. The summed E-state index contributed by atoms with van der Waals surface area (Å²) in [6.45, 7) is 29.8. The SMILES string of the molecule is CC1CCC(C(C)C)C(C)C1.CC1CCC(C(C)C)CC1.Cc1ccc(C(C)C)cc1.Cc1ccccc1C(C)C.[2HH]. The molecule has 4 rings (SSSR count). The highest BCUT2D eigenvalue weighted by Gasteiger charge is 2.27. The molecule has 2 fully saturated rings. The van der Waals surface area contributed by atoms with Crippen LogP contribution >= 0.6 is 0 Å². The molecule has 41 heavy (non-hydrogen) atoms. The van der Waals surface area contributed by atoms with Gasteiger partial charge in [-0.05, 0) is 109 Å². The van der Waals surface area contributed by atoms with E-state index in [1.807, 2.05) is 0 Å². The second-order valence-corrected chi connectivity index (χ2v) is 15.1. The summed E-state index contributed by atoms with van der Waals surface area (Å²) >= 11 is 0. The average Bonchev–Trinajstić information content (AvgIpc) is 2.90. The van der Waals surface area contributed by atoms with Crippen LogP contribution in [0.15, 0.2) is 48.5 Å². The Morgan fingerprint density at radius 3 is 1.54 bits per heavy atom. The molecule has 3 unspecified atom stereocenters. The monoisotopic (exact) mass is 566 g/mol. The van der Waals surface area contributed by atoms with Crippen LogP contribution in [0.25, 0.3) is 0 Å². The van der Waals surface area contributed by atoms with Crippen molar-refractivity contribution in [2.75, 3.05) is 0 Å². The molecule has 0 heterocycles. The van der Waals surface area contributed by atoms with Gasteiger partial charge in [0.1, 0.15) is 0 Å². The second-order valence-electron chi connectivity index (χ2n) is 15.1. The fraction of sp³-hybridized carbons (Fsp3) is 0.707. The Balaban J connectivity index is 0.000000530. The molecule has 0 aliphatic heterocycles. The predicted molar refractivity (Wildman–Crippen MR) is 189 cm³/mol. The number of hydrogen-bond donors (Lipinski definition) is 0. The van der Waals surface area contributed by atoms with Crippen LogP contribution in [-0.4, -0.2) is 0 Å². The van der Waals surface area contributed by atoms with Gasteiger partial charge in [0, 0.05) is 1.43 Å². The Kier molecular flexibility index (Phi) is 17.9. The molecule has 2 aliphatic rings. The molecule has 0 amide bonds. The van der Waals surface area contributed by atoms with Gasteiger partial charge in [-0.1, -0.05) is 150 Å². The van der Waals surface area contributed by atoms with Crippen molar-refractivity contribution in [2.45, 2.75) is 147 Å². The summed E-state index contributed by atoms with van der Waals surface area (Å²) in [5, 5.41) is 0. The topological polar surface area (TPSA) is 0 Å². The molecule has 0 spiro atoms. The zero-order valence-corrected chi connectivity index (χ0v) is 29.8. The van der Waals surface area contributed by atoms with Crippen LogP contribution in [-0.2, 0) is 0 Å². The normalized spacial score (nSPS) is 24.2. The Hall–Kier alpha value is -1.56. The van der Waals surface area contributed by atoms with E-state index < -0.39 is 0 Å². The molecule has 0 bridgehead atoms. The van der Waals surface area contributed by atoms with E-state index in [4.69, 9.17) is 0 Å². The molecule has 2 aromatic rings.